The molecule has 1 aromatic carbocycles. The second-order valence-corrected chi connectivity index (χ2v) is 8.42. The molecule has 7 nitrogen and oxygen atoms in total. The number of aromatic nitrogens is 2. The third-order valence-electron chi connectivity index (χ3n) is 6.08. The summed E-state index contributed by atoms with van der Waals surface area (Å²) in [7, 11) is 1.48. The molecule has 1 aliphatic rings. The van der Waals surface area contributed by atoms with Gasteiger partial charge in [-0.2, -0.15) is 0 Å². The van der Waals surface area contributed by atoms with Gasteiger partial charge in [0, 0.05) is 12.2 Å². The molecule has 182 valence electrons. The Balaban J connectivity index is 1.61. The molecule has 3 aromatic rings. The molecule has 1 fully saturated rings. The number of nitrogens with two attached hydrogens (primary N) is 1. The Bertz CT molecular complexity index is 1250. The molecule has 0 radical (unpaired) electrons. The smallest absolute Gasteiger partial charge is 0.274 e. The molecule has 0 unspecified atom stereocenters. The Morgan fingerprint density at radius 3 is 2.54 bits per heavy atom. The molecule has 0 bridgehead atoms. The fourth-order valence-corrected chi connectivity index (χ4v) is 4.47. The zero-order chi connectivity index (χ0) is 25.1. The molecule has 0 saturated heterocycles. The molecule has 3 N–H and O–H groups in total. The lowest BCUT2D eigenvalue weighted by Crippen LogP contribution is -2.41. The molecule has 0 aliphatic heterocycles. The van der Waals surface area contributed by atoms with Crippen molar-refractivity contribution >= 4 is 17.3 Å². The number of carbonyl (C=O) groups excluding carboxylic acids is 1. The minimum atomic E-state index is -0.984. The summed E-state index contributed by atoms with van der Waals surface area (Å²) in [5.41, 5.74) is 6.94. The molecule has 35 heavy (non-hydrogen) atoms. The van der Waals surface area contributed by atoms with E-state index < -0.39 is 34.6 Å². The van der Waals surface area contributed by atoms with Gasteiger partial charge in [0.1, 0.15) is 35.9 Å². The Morgan fingerprint density at radius 2 is 1.86 bits per heavy atom. The first-order valence-corrected chi connectivity index (χ1v) is 11.0. The molecule has 1 amide bonds. The van der Waals surface area contributed by atoms with Gasteiger partial charge in [-0.15, -0.1) is 0 Å². The van der Waals surface area contributed by atoms with Crippen LogP contribution >= 0.6 is 0 Å². The molecule has 4 rings (SSSR count). The van der Waals surface area contributed by atoms with Crippen LogP contribution in [0.1, 0.15) is 41.7 Å². The van der Waals surface area contributed by atoms with E-state index in [1.807, 2.05) is 6.92 Å². The molecule has 3 atom stereocenters. The quantitative estimate of drug-likeness (QED) is 0.514. The fraction of sp³-hybridized carbons (Fsp3) is 0.280. The number of hydrogen-bond acceptors (Lipinski definition) is 6. The van der Waals surface area contributed by atoms with Crippen LogP contribution in [0.5, 0.6) is 0 Å². The number of anilines is 1. The van der Waals surface area contributed by atoms with Gasteiger partial charge in [0.05, 0.1) is 23.2 Å². The number of hydrogen-bond donors (Lipinski definition) is 2. The van der Waals surface area contributed by atoms with Gasteiger partial charge in [-0.1, -0.05) is 18.1 Å². The van der Waals surface area contributed by atoms with Crippen molar-refractivity contribution < 1.29 is 22.8 Å². The highest BCUT2D eigenvalue weighted by molar-refractivity contribution is 6.03. The molecule has 1 aliphatic carbocycles. The van der Waals surface area contributed by atoms with Crippen molar-refractivity contribution in [2.45, 2.75) is 31.7 Å². The number of nitrogens with zero attached hydrogens (tertiary/aromatic N) is 3. The van der Waals surface area contributed by atoms with Gasteiger partial charge < -0.3 is 15.9 Å². The maximum atomic E-state index is 14.4. The minimum Gasteiger partial charge on any atom is -0.399 e. The number of rotatable bonds is 5. The highest BCUT2D eigenvalue weighted by atomic mass is 19.1. The zero-order valence-electron chi connectivity index (χ0n) is 19.1. The SMILES string of the molecule is CO/N=C1/[C@H](N)C[C@H](c2ccncc2NC(=O)c2ccc(F)c(-c3c(F)cccc3F)n2)C[C@@H]1C. The van der Waals surface area contributed by atoms with Crippen LogP contribution in [0.15, 0.2) is 53.9 Å². The molecule has 10 heteroatoms. The van der Waals surface area contributed by atoms with Crippen LogP contribution in [-0.4, -0.2) is 34.7 Å². The monoisotopic (exact) mass is 483 g/mol. The first-order chi connectivity index (χ1) is 16.8. The van der Waals surface area contributed by atoms with Crippen molar-refractivity contribution in [1.82, 2.24) is 9.97 Å². The van der Waals surface area contributed by atoms with E-state index in [0.29, 0.717) is 12.1 Å². The van der Waals surface area contributed by atoms with Gasteiger partial charge in [0.25, 0.3) is 5.91 Å². The van der Waals surface area contributed by atoms with Crippen LogP contribution in [0.2, 0.25) is 0 Å². The van der Waals surface area contributed by atoms with Gasteiger partial charge in [-0.25, -0.2) is 18.2 Å². The Kier molecular flexibility index (Phi) is 7.11. The number of nitrogens with one attached hydrogen (secondary N) is 1. The van der Waals surface area contributed by atoms with E-state index in [1.54, 1.807) is 12.3 Å². The number of pyridine rings is 2. The van der Waals surface area contributed by atoms with Crippen molar-refractivity contribution in [1.29, 1.82) is 0 Å². The van der Waals surface area contributed by atoms with Gasteiger partial charge in [-0.05, 0) is 60.6 Å². The van der Waals surface area contributed by atoms with Crippen molar-refractivity contribution in [3.8, 4) is 11.3 Å². The maximum Gasteiger partial charge on any atom is 0.274 e. The second-order valence-electron chi connectivity index (χ2n) is 8.42. The molecule has 0 spiro atoms. The van der Waals surface area contributed by atoms with Crippen LogP contribution in [-0.2, 0) is 4.84 Å². The second kappa shape index (κ2) is 10.2. The van der Waals surface area contributed by atoms with Gasteiger partial charge in [0.15, 0.2) is 0 Å². The average molecular weight is 483 g/mol. The summed E-state index contributed by atoms with van der Waals surface area (Å²) in [6.07, 6.45) is 4.44. The molecule has 2 heterocycles. The Morgan fingerprint density at radius 1 is 1.11 bits per heavy atom. The summed E-state index contributed by atoms with van der Waals surface area (Å²) < 4.78 is 42.8. The van der Waals surface area contributed by atoms with Crippen molar-refractivity contribution in [2.24, 2.45) is 16.8 Å². The summed E-state index contributed by atoms with van der Waals surface area (Å²) in [6, 6.07) is 6.74. The van der Waals surface area contributed by atoms with Crippen molar-refractivity contribution in [2.75, 3.05) is 12.4 Å². The number of oxime groups is 1. The first-order valence-electron chi connectivity index (χ1n) is 11.0. The number of amides is 1. The zero-order valence-corrected chi connectivity index (χ0v) is 19.1. The van der Waals surface area contributed by atoms with Gasteiger partial charge in [0.2, 0.25) is 0 Å². The molecular formula is C25H24F3N5O2. The standard InChI is InChI=1S/C25H24F3N5O2/c1-13-10-14(11-19(29)23(13)33-35-2)15-8-9-30-12-21(15)32-25(34)20-7-6-18(28)24(31-20)22-16(26)4-3-5-17(22)27/h3-9,12-14,19H,10-11,29H2,1-2H3,(H,32,34)/b33-23+/t13-,14+,19+/m0/s1. The van der Waals surface area contributed by atoms with Crippen LogP contribution in [0, 0.1) is 23.4 Å². The van der Waals surface area contributed by atoms with E-state index in [0.717, 1.165) is 48.0 Å². The maximum absolute atomic E-state index is 14.4. The van der Waals surface area contributed by atoms with E-state index >= 15 is 0 Å². The van der Waals surface area contributed by atoms with E-state index in [2.05, 4.69) is 20.4 Å². The summed E-state index contributed by atoms with van der Waals surface area (Å²) in [5.74, 6) is -3.51. The van der Waals surface area contributed by atoms with Crippen molar-refractivity contribution in [3.05, 3.63) is 77.5 Å². The van der Waals surface area contributed by atoms with Crippen molar-refractivity contribution in [3.63, 3.8) is 0 Å². The summed E-state index contributed by atoms with van der Waals surface area (Å²) in [4.78, 5) is 25.9. The van der Waals surface area contributed by atoms with Gasteiger partial charge in [-0.3, -0.25) is 9.78 Å². The van der Waals surface area contributed by atoms with E-state index in [4.69, 9.17) is 10.6 Å². The predicted octanol–water partition coefficient (Wildman–Crippen LogP) is 4.66. The van der Waals surface area contributed by atoms with E-state index in [9.17, 15) is 18.0 Å². The number of benzene rings is 1. The number of halogens is 3. The Labute approximate surface area is 200 Å². The molecular weight excluding hydrogens is 459 g/mol. The predicted molar refractivity (Wildman–Crippen MR) is 125 cm³/mol. The minimum absolute atomic E-state index is 0.0124. The highest BCUT2D eigenvalue weighted by Crippen LogP contribution is 2.37. The largest absolute Gasteiger partial charge is 0.399 e. The van der Waals surface area contributed by atoms with Crippen LogP contribution < -0.4 is 11.1 Å². The summed E-state index contributed by atoms with van der Waals surface area (Å²) in [6.45, 7) is 2.01. The Hall–Kier alpha value is -3.79. The molecule has 1 saturated carbocycles. The van der Waals surface area contributed by atoms with Gasteiger partial charge >= 0.3 is 0 Å². The highest BCUT2D eigenvalue weighted by Gasteiger charge is 2.33. The molecule has 2 aromatic heterocycles. The lowest BCUT2D eigenvalue weighted by Gasteiger charge is -2.33. The summed E-state index contributed by atoms with van der Waals surface area (Å²) >= 11 is 0. The fourth-order valence-electron chi connectivity index (χ4n) is 4.47. The topological polar surface area (TPSA) is 102 Å². The average Bonchev–Trinajstić information content (AvgIpc) is 2.82. The summed E-state index contributed by atoms with van der Waals surface area (Å²) in [5, 5.41) is 6.80. The van der Waals surface area contributed by atoms with Crippen LogP contribution in [0.25, 0.3) is 11.3 Å². The first kappa shape index (κ1) is 24.3. The van der Waals surface area contributed by atoms with Crippen LogP contribution in [0.4, 0.5) is 18.9 Å². The lowest BCUT2D eigenvalue weighted by atomic mass is 9.75. The van der Waals surface area contributed by atoms with E-state index in [1.165, 1.54) is 13.3 Å². The van der Waals surface area contributed by atoms with Crippen LogP contribution in [0.3, 0.4) is 0 Å². The van der Waals surface area contributed by atoms with E-state index in [-0.39, 0.29) is 23.6 Å². The third-order valence-corrected chi connectivity index (χ3v) is 6.08. The number of carbonyl (C=O) groups is 1. The normalized spacial score (nSPS) is 21.1. The third kappa shape index (κ3) is 5.02. The lowest BCUT2D eigenvalue weighted by molar-refractivity contribution is 0.102.